The van der Waals surface area contributed by atoms with E-state index in [-0.39, 0.29) is 80.7 Å². The molecule has 600 valence electrons. The van der Waals surface area contributed by atoms with Crippen molar-refractivity contribution >= 4 is 90.0 Å². The Morgan fingerprint density at radius 1 is 0.545 bits per heavy atom. The van der Waals surface area contributed by atoms with Gasteiger partial charge in [-0.25, -0.2) is 8.42 Å². The van der Waals surface area contributed by atoms with E-state index in [2.05, 4.69) is 62.4 Å². The van der Waals surface area contributed by atoms with E-state index in [0.29, 0.717) is 60.9 Å². The zero-order chi connectivity index (χ0) is 79.9. The first-order valence-corrected chi connectivity index (χ1v) is 42.2. The smallest absolute Gasteiger partial charge is 0.303 e. The number of nitrogens with one attached hydrogen (secondary N) is 2. The Bertz CT molecular complexity index is 4670. The van der Waals surface area contributed by atoms with Crippen LogP contribution in [0.2, 0.25) is 10.0 Å². The van der Waals surface area contributed by atoms with Crippen molar-refractivity contribution in [2.24, 2.45) is 58.3 Å². The van der Waals surface area contributed by atoms with Crippen LogP contribution in [0.25, 0.3) is 0 Å². The summed E-state index contributed by atoms with van der Waals surface area (Å²) in [6.07, 6.45) is 17.4. The summed E-state index contributed by atoms with van der Waals surface area (Å²) in [5.41, 5.74) is 6.13. The van der Waals surface area contributed by atoms with Crippen LogP contribution in [0.5, 0.6) is 23.3 Å². The predicted octanol–water partition coefficient (Wildman–Crippen LogP) is 12.2. The van der Waals surface area contributed by atoms with Crippen molar-refractivity contribution in [2.75, 3.05) is 77.6 Å². The first-order valence-electron chi connectivity index (χ1n) is 38.3. The van der Waals surface area contributed by atoms with E-state index >= 15 is 8.42 Å². The monoisotopic (exact) mass is 1610 g/mol. The van der Waals surface area contributed by atoms with Gasteiger partial charge in [0.2, 0.25) is 11.8 Å². The molecule has 2 saturated carbocycles. The molecule has 2 aromatic heterocycles. The molecule has 2 fully saturated rings. The van der Waals surface area contributed by atoms with Crippen LogP contribution >= 0.6 is 23.2 Å². The number of ether oxygens (including phenoxy) is 8. The van der Waals surface area contributed by atoms with Crippen LogP contribution in [0.15, 0.2) is 118 Å². The van der Waals surface area contributed by atoms with E-state index in [1.807, 2.05) is 24.3 Å². The Morgan fingerprint density at radius 2 is 0.938 bits per heavy atom. The predicted molar refractivity (Wildman–Crippen MR) is 425 cm³/mol. The van der Waals surface area contributed by atoms with Gasteiger partial charge in [-0.15, -0.1) is 18.9 Å². The quantitative estimate of drug-likeness (QED) is 0.0951. The number of nitrogens with zero attached hydrogens (tertiary/aromatic N) is 8. The number of halogens is 2. The van der Waals surface area contributed by atoms with Crippen LogP contribution in [0, 0.1) is 35.5 Å². The van der Waals surface area contributed by atoms with E-state index in [1.165, 1.54) is 72.1 Å². The molecule has 16 atom stereocenters. The Hall–Kier alpha value is -8.80. The minimum atomic E-state index is -3.93. The summed E-state index contributed by atoms with van der Waals surface area (Å²) < 4.78 is 94.7. The number of carbonyl (C=O) groups excluding carboxylic acids is 6. The number of esters is 2. The topological polar surface area (TPSA) is 301 Å². The molecule has 0 saturated heterocycles. The highest BCUT2D eigenvalue weighted by Gasteiger charge is 2.48. The number of rotatable bonds is 10. The molecule has 2 N–H and O–H groups in total. The molecule has 6 aromatic rings. The SMILES string of the molecule is COc1nn(C)cc1C(=O)NS1(=O)=NC(=O)c2ccc3c(c2)N(C[C@@H]2CC[C@H]2[C@@H](OC)/C=C/[C@@H](OC(C)=O)[C@H](C)[C@H]1C)C[C@@]1(CCCc2cc(Cl)ccc21)CO3.COc1nn(C)cc1C(=O)NS1(=O)=NC(=O)c2ccc3c(c2)N(C[C@@H]2CC[C@H]2[C@@H](OC)/C=C/[C@H](OC(C)=O)[C@H](C)[C@H]1C)C[C@@]1(CCCc2cc(Cl)ccc21)CO3. The van der Waals surface area contributed by atoms with Gasteiger partial charge in [0.15, 0.2) is 0 Å². The molecule has 4 aliphatic heterocycles. The lowest BCUT2D eigenvalue weighted by molar-refractivity contribution is -0.147. The van der Waals surface area contributed by atoms with Gasteiger partial charge in [0.05, 0.1) is 61.5 Å². The number of anilines is 2. The van der Waals surface area contributed by atoms with E-state index in [1.54, 1.807) is 105 Å². The fourth-order valence-electron chi connectivity index (χ4n) is 17.6. The van der Waals surface area contributed by atoms with Crippen molar-refractivity contribution in [1.29, 1.82) is 0 Å². The highest BCUT2D eigenvalue weighted by Crippen LogP contribution is 2.50. The maximum absolute atomic E-state index is 15.2. The minimum Gasteiger partial charge on any atom is -0.490 e. The lowest BCUT2D eigenvalue weighted by atomic mass is 9.68. The van der Waals surface area contributed by atoms with Crippen LogP contribution in [0.1, 0.15) is 157 Å². The fourth-order valence-corrected chi connectivity index (χ4v) is 21.7. The molecule has 2 unspecified atom stereocenters. The van der Waals surface area contributed by atoms with Crippen molar-refractivity contribution in [3.63, 3.8) is 0 Å². The Morgan fingerprint density at radius 3 is 1.29 bits per heavy atom. The number of amides is 4. The number of hydrogen-bond donors (Lipinski definition) is 2. The van der Waals surface area contributed by atoms with Crippen molar-refractivity contribution in [3.8, 4) is 23.3 Å². The Balaban J connectivity index is 0.000000196. The van der Waals surface area contributed by atoms with Gasteiger partial charge in [0, 0.05) is 125 Å². The second kappa shape index (κ2) is 33.3. The molecule has 0 radical (unpaired) electrons. The van der Waals surface area contributed by atoms with E-state index in [9.17, 15) is 28.8 Å². The first kappa shape index (κ1) is 81.2. The molecule has 4 aliphatic carbocycles. The summed E-state index contributed by atoms with van der Waals surface area (Å²) in [4.78, 5) is 85.8. The first-order chi connectivity index (χ1) is 53.5. The molecular weight excluding hydrogens is 1520 g/mol. The fraction of sp³-hybridized carbons (Fsp3) is 0.512. The van der Waals surface area contributed by atoms with Crippen LogP contribution in [-0.2, 0) is 86.1 Å². The van der Waals surface area contributed by atoms with Gasteiger partial charge >= 0.3 is 11.9 Å². The molecule has 2 spiro atoms. The molecule has 8 aliphatic rings. The molecule has 4 amide bonds. The maximum Gasteiger partial charge on any atom is 0.303 e. The third-order valence-electron chi connectivity index (χ3n) is 24.3. The number of aromatic nitrogens is 4. The molecule has 14 rings (SSSR count). The average Bonchev–Trinajstić information content (AvgIpc) is 1.37. The van der Waals surface area contributed by atoms with Crippen LogP contribution in [0.4, 0.5) is 11.4 Å². The number of carbonyl (C=O) groups is 6. The standard InChI is InChI=1S/2C41H50ClN5O8S/c2*1-24-25(2)56(51,45-39(50)32-21-46(4)43-40(32)53-6)44-38(49)28-10-14-37-34(19-28)47(20-29-9-12-31(29)36(52-5)16-15-35(24)55-26(3)48)22-41(23-54-37)17-7-8-27-18-30(42)11-13-33(27)41/h2*10-11,13-16,18-19,21,24-25,29,31,35-36H,7-9,12,17,20,22-23H2,1-6H3,(H,44,45,49,50,51)/b2*16-15+/t24-,25-,29+,31-,35+,36+,41+,56?;24-,25-,29+,31-,35-,36+,41+,56?/m11/s1. The summed E-state index contributed by atoms with van der Waals surface area (Å²) >= 11 is 12.9. The minimum absolute atomic E-state index is 0.0140. The second-order valence-corrected chi connectivity index (χ2v) is 36.7. The number of methoxy groups -OCH3 is 4. The van der Waals surface area contributed by atoms with Crippen LogP contribution in [-0.4, -0.2) is 166 Å². The van der Waals surface area contributed by atoms with Crippen molar-refractivity contribution in [3.05, 3.63) is 164 Å². The second-order valence-electron chi connectivity index (χ2n) is 31.3. The maximum atomic E-state index is 15.2. The number of fused-ring (bicyclic) bond motifs is 8. The Kier molecular flexibility index (Phi) is 24.2. The molecule has 30 heteroatoms. The molecule has 6 heterocycles. The molecule has 26 nitrogen and oxygen atoms in total. The number of hydrogen-bond acceptors (Lipinski definition) is 20. The van der Waals surface area contributed by atoms with E-state index in [0.717, 1.165) is 75.6 Å². The third kappa shape index (κ3) is 16.6. The highest BCUT2D eigenvalue weighted by molar-refractivity contribution is 7.93. The average molecular weight is 1620 g/mol. The summed E-state index contributed by atoms with van der Waals surface area (Å²) in [7, 11) is 1.47. The number of benzene rings is 4. The van der Waals surface area contributed by atoms with Crippen molar-refractivity contribution in [1.82, 2.24) is 29.0 Å². The van der Waals surface area contributed by atoms with Gasteiger partial charge in [-0.3, -0.25) is 47.6 Å². The lowest BCUT2D eigenvalue weighted by Crippen LogP contribution is -2.49. The zero-order valence-corrected chi connectivity index (χ0v) is 68.5. The number of aryl methyl sites for hydroxylation is 4. The molecule has 4 bridgehead atoms. The summed E-state index contributed by atoms with van der Waals surface area (Å²) in [6, 6.07) is 22.6. The van der Waals surface area contributed by atoms with Gasteiger partial charge in [-0.2, -0.15) is 0 Å². The summed E-state index contributed by atoms with van der Waals surface area (Å²) in [5, 5.41) is 7.72. The summed E-state index contributed by atoms with van der Waals surface area (Å²) in [6.45, 7) is 12.9. The van der Waals surface area contributed by atoms with Gasteiger partial charge < -0.3 is 47.7 Å². The molecule has 4 aromatic carbocycles. The van der Waals surface area contributed by atoms with Gasteiger partial charge in [-0.05, 0) is 197 Å². The normalized spacial score (nSPS) is 30.7. The van der Waals surface area contributed by atoms with Gasteiger partial charge in [0.25, 0.3) is 23.6 Å². The zero-order valence-electron chi connectivity index (χ0n) is 65.3. The van der Waals surface area contributed by atoms with Crippen LogP contribution in [0.3, 0.4) is 0 Å². The van der Waals surface area contributed by atoms with Gasteiger partial charge in [-0.1, -0.05) is 61.3 Å². The highest BCUT2D eigenvalue weighted by atomic mass is 35.5. The van der Waals surface area contributed by atoms with E-state index < -0.39 is 89.9 Å². The van der Waals surface area contributed by atoms with Gasteiger partial charge in [0.1, 0.15) is 54.7 Å². The molecular formula is C82H100Cl2N10O16S2. The van der Waals surface area contributed by atoms with Crippen molar-refractivity contribution in [2.45, 2.75) is 151 Å². The largest absolute Gasteiger partial charge is 0.490 e. The lowest BCUT2D eigenvalue weighted by Gasteiger charge is -2.46. The Labute approximate surface area is 664 Å². The third-order valence-corrected chi connectivity index (χ3v) is 29.5. The summed E-state index contributed by atoms with van der Waals surface area (Å²) in [5.74, 6) is -3.44. The van der Waals surface area contributed by atoms with E-state index in [4.69, 9.17) is 61.1 Å². The molecule has 112 heavy (non-hydrogen) atoms. The van der Waals surface area contributed by atoms with Crippen molar-refractivity contribution < 1.29 is 75.1 Å². The van der Waals surface area contributed by atoms with Crippen LogP contribution < -0.4 is 38.2 Å².